The van der Waals surface area contributed by atoms with Crippen molar-refractivity contribution in [3.05, 3.63) is 29.8 Å². The molecule has 104 valence electrons. The average molecular weight is 283 g/mol. The van der Waals surface area contributed by atoms with E-state index >= 15 is 0 Å². The first-order chi connectivity index (χ1) is 9.03. The van der Waals surface area contributed by atoms with Crippen LogP contribution in [0.5, 0.6) is 5.75 Å². The van der Waals surface area contributed by atoms with Crippen LogP contribution in [0.25, 0.3) is 0 Å². The standard InChI is InChI=1S/C12H17N3O3S/c1-19(16,17)15-8-7-14-10-11-4-2-3-5-12(11)18-9-6-13/h2-5,14-15H,7-10H2,1H3. The Balaban J connectivity index is 2.38. The summed E-state index contributed by atoms with van der Waals surface area (Å²) in [5.41, 5.74) is 0.928. The van der Waals surface area contributed by atoms with Gasteiger partial charge in [-0.15, -0.1) is 0 Å². The Kier molecular flexibility index (Phi) is 6.29. The number of rotatable bonds is 8. The van der Waals surface area contributed by atoms with Gasteiger partial charge in [0.1, 0.15) is 11.8 Å². The van der Waals surface area contributed by atoms with Crippen LogP contribution in [0.4, 0.5) is 0 Å². The van der Waals surface area contributed by atoms with Crippen LogP contribution < -0.4 is 14.8 Å². The van der Waals surface area contributed by atoms with E-state index in [2.05, 4.69) is 10.0 Å². The van der Waals surface area contributed by atoms with E-state index in [-0.39, 0.29) is 6.61 Å². The van der Waals surface area contributed by atoms with Gasteiger partial charge in [-0.1, -0.05) is 18.2 Å². The van der Waals surface area contributed by atoms with Crippen molar-refractivity contribution in [2.24, 2.45) is 0 Å². The van der Waals surface area contributed by atoms with E-state index in [0.717, 1.165) is 11.8 Å². The highest BCUT2D eigenvalue weighted by molar-refractivity contribution is 7.88. The largest absolute Gasteiger partial charge is 0.478 e. The molecule has 1 rings (SSSR count). The molecule has 0 bridgehead atoms. The van der Waals surface area contributed by atoms with Gasteiger partial charge in [0.15, 0.2) is 6.61 Å². The summed E-state index contributed by atoms with van der Waals surface area (Å²) in [4.78, 5) is 0. The molecular weight excluding hydrogens is 266 g/mol. The molecular formula is C12H17N3O3S. The van der Waals surface area contributed by atoms with Crippen molar-refractivity contribution in [3.63, 3.8) is 0 Å². The zero-order valence-electron chi connectivity index (χ0n) is 10.7. The van der Waals surface area contributed by atoms with Gasteiger partial charge in [-0.25, -0.2) is 13.1 Å². The molecule has 0 radical (unpaired) electrons. The first-order valence-corrected chi connectivity index (χ1v) is 7.65. The average Bonchev–Trinajstić information content (AvgIpc) is 2.36. The van der Waals surface area contributed by atoms with Crippen LogP contribution in [-0.2, 0) is 16.6 Å². The fraction of sp³-hybridized carbons (Fsp3) is 0.417. The summed E-state index contributed by atoms with van der Waals surface area (Å²) in [5, 5.41) is 11.6. The van der Waals surface area contributed by atoms with Crippen molar-refractivity contribution in [2.75, 3.05) is 26.0 Å². The van der Waals surface area contributed by atoms with Gasteiger partial charge in [0, 0.05) is 25.2 Å². The molecule has 0 atom stereocenters. The summed E-state index contributed by atoms with van der Waals surface area (Å²) in [6.45, 7) is 1.40. The van der Waals surface area contributed by atoms with E-state index < -0.39 is 10.0 Å². The van der Waals surface area contributed by atoms with Gasteiger partial charge in [-0.05, 0) is 6.07 Å². The minimum Gasteiger partial charge on any atom is -0.478 e. The summed E-state index contributed by atoms with van der Waals surface area (Å²) in [6, 6.07) is 9.32. The van der Waals surface area contributed by atoms with Gasteiger partial charge in [0.2, 0.25) is 10.0 Å². The van der Waals surface area contributed by atoms with Gasteiger partial charge in [-0.3, -0.25) is 0 Å². The van der Waals surface area contributed by atoms with Crippen molar-refractivity contribution < 1.29 is 13.2 Å². The fourth-order valence-corrected chi connectivity index (χ4v) is 1.92. The highest BCUT2D eigenvalue weighted by atomic mass is 32.2. The first-order valence-electron chi connectivity index (χ1n) is 5.76. The second-order valence-corrected chi connectivity index (χ2v) is 5.73. The van der Waals surface area contributed by atoms with Crippen LogP contribution in [0.1, 0.15) is 5.56 Å². The second-order valence-electron chi connectivity index (χ2n) is 3.90. The molecule has 0 saturated heterocycles. The SMILES string of the molecule is CS(=O)(=O)NCCNCc1ccccc1OCC#N. The third-order valence-corrected chi connectivity index (χ3v) is 2.97. The van der Waals surface area contributed by atoms with E-state index in [1.165, 1.54) is 0 Å². The summed E-state index contributed by atoms with van der Waals surface area (Å²) < 4.78 is 29.4. The van der Waals surface area contributed by atoms with Crippen LogP contribution in [-0.4, -0.2) is 34.4 Å². The first kappa shape index (κ1) is 15.4. The quantitative estimate of drug-likeness (QED) is 0.666. The Labute approximate surface area is 113 Å². The van der Waals surface area contributed by atoms with E-state index in [9.17, 15) is 8.42 Å². The normalized spacial score (nSPS) is 10.9. The third-order valence-electron chi connectivity index (χ3n) is 2.25. The van der Waals surface area contributed by atoms with Crippen LogP contribution >= 0.6 is 0 Å². The smallest absolute Gasteiger partial charge is 0.208 e. The van der Waals surface area contributed by atoms with Crippen molar-refractivity contribution in [1.29, 1.82) is 5.26 Å². The molecule has 19 heavy (non-hydrogen) atoms. The molecule has 0 amide bonds. The molecule has 0 spiro atoms. The lowest BCUT2D eigenvalue weighted by atomic mass is 10.2. The number of nitriles is 1. The van der Waals surface area contributed by atoms with Gasteiger partial charge >= 0.3 is 0 Å². The van der Waals surface area contributed by atoms with Crippen LogP contribution in [0.3, 0.4) is 0 Å². The molecule has 0 fully saturated rings. The number of nitrogens with one attached hydrogen (secondary N) is 2. The molecule has 0 heterocycles. The monoisotopic (exact) mass is 283 g/mol. The number of ether oxygens (including phenoxy) is 1. The van der Waals surface area contributed by atoms with Crippen LogP contribution in [0.2, 0.25) is 0 Å². The lowest BCUT2D eigenvalue weighted by Gasteiger charge is -2.10. The second kappa shape index (κ2) is 7.74. The van der Waals surface area contributed by atoms with Crippen molar-refractivity contribution >= 4 is 10.0 Å². The highest BCUT2D eigenvalue weighted by Gasteiger charge is 2.03. The predicted molar refractivity (Wildman–Crippen MR) is 72.1 cm³/mol. The Hall–Kier alpha value is -1.62. The molecule has 1 aromatic carbocycles. The number of hydrogen-bond acceptors (Lipinski definition) is 5. The van der Waals surface area contributed by atoms with Crippen LogP contribution in [0.15, 0.2) is 24.3 Å². The van der Waals surface area contributed by atoms with E-state index in [1.807, 2.05) is 24.3 Å². The summed E-state index contributed by atoms with van der Waals surface area (Å²) in [5.74, 6) is 0.660. The zero-order chi connectivity index (χ0) is 14.1. The number of benzene rings is 1. The van der Waals surface area contributed by atoms with Gasteiger partial charge in [0.25, 0.3) is 0 Å². The van der Waals surface area contributed by atoms with Gasteiger partial charge in [-0.2, -0.15) is 5.26 Å². The molecule has 7 heteroatoms. The molecule has 2 N–H and O–H groups in total. The predicted octanol–water partition coefficient (Wildman–Crippen LogP) is 0.228. The maximum Gasteiger partial charge on any atom is 0.208 e. The number of hydrogen-bond donors (Lipinski definition) is 2. The molecule has 0 aromatic heterocycles. The maximum absolute atomic E-state index is 10.8. The summed E-state index contributed by atoms with van der Waals surface area (Å²) >= 11 is 0. The van der Waals surface area contributed by atoms with Crippen LogP contribution in [0, 0.1) is 11.3 Å². The Bertz CT molecular complexity index is 537. The maximum atomic E-state index is 10.8. The molecule has 0 saturated carbocycles. The third kappa shape index (κ3) is 6.76. The Morgan fingerprint density at radius 1 is 1.32 bits per heavy atom. The zero-order valence-corrected chi connectivity index (χ0v) is 11.5. The van der Waals surface area contributed by atoms with Gasteiger partial charge in [0.05, 0.1) is 6.26 Å². The molecule has 6 nitrogen and oxygen atoms in total. The number of para-hydroxylation sites is 1. The lowest BCUT2D eigenvalue weighted by molar-refractivity contribution is 0.362. The molecule has 0 aliphatic heterocycles. The highest BCUT2D eigenvalue weighted by Crippen LogP contribution is 2.17. The number of nitrogens with zero attached hydrogens (tertiary/aromatic N) is 1. The summed E-state index contributed by atoms with van der Waals surface area (Å²) in [7, 11) is -3.14. The summed E-state index contributed by atoms with van der Waals surface area (Å²) in [6.07, 6.45) is 1.12. The van der Waals surface area contributed by atoms with Crippen molar-refractivity contribution in [1.82, 2.24) is 10.0 Å². The topological polar surface area (TPSA) is 91.2 Å². The van der Waals surface area contributed by atoms with E-state index in [1.54, 1.807) is 6.07 Å². The fourth-order valence-electron chi connectivity index (χ4n) is 1.45. The Morgan fingerprint density at radius 2 is 2.05 bits per heavy atom. The van der Waals surface area contributed by atoms with E-state index in [0.29, 0.717) is 25.4 Å². The van der Waals surface area contributed by atoms with Gasteiger partial charge < -0.3 is 10.1 Å². The van der Waals surface area contributed by atoms with E-state index in [4.69, 9.17) is 10.00 Å². The minimum atomic E-state index is -3.14. The molecule has 0 unspecified atom stereocenters. The molecule has 0 aliphatic rings. The van der Waals surface area contributed by atoms with Crippen molar-refractivity contribution in [3.8, 4) is 11.8 Å². The Morgan fingerprint density at radius 3 is 2.74 bits per heavy atom. The molecule has 1 aromatic rings. The minimum absolute atomic E-state index is 0.00659. The number of sulfonamides is 1. The molecule has 0 aliphatic carbocycles. The van der Waals surface area contributed by atoms with Crippen molar-refractivity contribution in [2.45, 2.75) is 6.54 Å². The lowest BCUT2D eigenvalue weighted by Crippen LogP contribution is -2.30.